The number of amides is 2. The van der Waals surface area contributed by atoms with Gasteiger partial charge >= 0.3 is 18.2 Å². The highest BCUT2D eigenvalue weighted by Crippen LogP contribution is 2.48. The molecule has 4 aromatic rings. The number of nitrogens with one attached hydrogen (secondary N) is 4. The number of hydrogen-bond donors (Lipinski definition) is 4. The summed E-state index contributed by atoms with van der Waals surface area (Å²) in [6.07, 6.45) is -3.30. The summed E-state index contributed by atoms with van der Waals surface area (Å²) in [5, 5.41) is 11.7. The van der Waals surface area contributed by atoms with Crippen LogP contribution >= 0.6 is 11.6 Å². The molecule has 1 aromatic heterocycles. The van der Waals surface area contributed by atoms with E-state index in [0.29, 0.717) is 35.7 Å². The second-order valence-corrected chi connectivity index (χ2v) is 12.9. The number of alkyl halides is 3. The minimum Gasteiger partial charge on any atom is -0.497 e. The van der Waals surface area contributed by atoms with Crippen molar-refractivity contribution < 1.29 is 46.6 Å². The molecule has 0 unspecified atom stereocenters. The van der Waals surface area contributed by atoms with E-state index in [1.165, 1.54) is 24.3 Å². The van der Waals surface area contributed by atoms with Crippen molar-refractivity contribution in [3.05, 3.63) is 94.5 Å². The largest absolute Gasteiger partial charge is 0.497 e. The van der Waals surface area contributed by atoms with Crippen LogP contribution in [0.25, 0.3) is 0 Å². The molecule has 0 bridgehead atoms. The highest BCUT2D eigenvalue weighted by atomic mass is 35.5. The van der Waals surface area contributed by atoms with Crippen LogP contribution in [0.2, 0.25) is 5.02 Å². The summed E-state index contributed by atoms with van der Waals surface area (Å²) in [4.78, 5) is 62.8. The molecule has 2 amide bonds. The van der Waals surface area contributed by atoms with E-state index in [1.54, 1.807) is 25.3 Å². The molecule has 290 valence electrons. The van der Waals surface area contributed by atoms with Gasteiger partial charge in [0.05, 0.1) is 19.8 Å². The number of methoxy groups -OCH3 is 2. The van der Waals surface area contributed by atoms with E-state index < -0.39 is 53.9 Å². The summed E-state index contributed by atoms with van der Waals surface area (Å²) < 4.78 is 53.7. The molecule has 1 fully saturated rings. The molecule has 1 atom stereocenters. The van der Waals surface area contributed by atoms with Crippen molar-refractivity contribution >= 4 is 52.8 Å². The summed E-state index contributed by atoms with van der Waals surface area (Å²) in [6.45, 7) is -1.43. The van der Waals surface area contributed by atoms with Gasteiger partial charge in [0.2, 0.25) is 17.7 Å². The van der Waals surface area contributed by atoms with Crippen molar-refractivity contribution in [3.63, 3.8) is 0 Å². The number of carbonyl (C=O) groups is 4. The normalized spacial score (nSPS) is 13.5. The minimum atomic E-state index is -4.64. The molecule has 18 heteroatoms. The fraction of sp³-hybridized carbons (Fsp3) is 0.324. The first-order valence-corrected chi connectivity index (χ1v) is 17.3. The molecule has 4 N–H and O–H groups in total. The lowest BCUT2D eigenvalue weighted by molar-refractivity contribution is -0.154. The molecule has 1 heterocycles. The molecule has 0 saturated heterocycles. The zero-order valence-corrected chi connectivity index (χ0v) is 30.4. The zero-order chi connectivity index (χ0) is 39.6. The molecular formula is C37H37ClF3N7O7. The monoisotopic (exact) mass is 783 g/mol. The average Bonchev–Trinajstić information content (AvgIpc) is 3.95. The summed E-state index contributed by atoms with van der Waals surface area (Å²) in [6, 6.07) is 18.4. The fourth-order valence-corrected chi connectivity index (χ4v) is 5.50. The number of Topliss-reactive ketones (excluding diaryl/α,β-unsaturated/α-hetero) is 1. The topological polar surface area (TPSA) is 183 Å². The lowest BCUT2D eigenvalue weighted by Crippen LogP contribution is -2.42. The Kier molecular flexibility index (Phi) is 13.1. The predicted molar refractivity (Wildman–Crippen MR) is 194 cm³/mol. The van der Waals surface area contributed by atoms with Crippen LogP contribution in [-0.4, -0.2) is 78.1 Å². The third-order valence-corrected chi connectivity index (χ3v) is 8.67. The van der Waals surface area contributed by atoms with Crippen molar-refractivity contribution in [2.75, 3.05) is 38.0 Å². The Morgan fingerprint density at radius 3 is 2.29 bits per heavy atom. The van der Waals surface area contributed by atoms with Crippen LogP contribution in [0.4, 0.5) is 30.8 Å². The van der Waals surface area contributed by atoms with Crippen LogP contribution in [-0.2, 0) is 31.1 Å². The predicted octanol–water partition coefficient (Wildman–Crippen LogP) is 5.30. The van der Waals surface area contributed by atoms with Crippen molar-refractivity contribution in [2.24, 2.45) is 0 Å². The van der Waals surface area contributed by atoms with Crippen molar-refractivity contribution in [3.8, 4) is 11.8 Å². The first kappa shape index (κ1) is 40.2. The SMILES string of the molecule is COC(=O)[C@H](CCC(=O)C(=O)NCCc1cccc(OC)c1)NC(=O)c1ccc(Nc2nc(NC3(c4ccc(Cl)cc4)CC3)nc(OCC(F)(F)F)n2)cc1. The third kappa shape index (κ3) is 11.8. The van der Waals surface area contributed by atoms with Gasteiger partial charge in [-0.2, -0.15) is 28.1 Å². The van der Waals surface area contributed by atoms with E-state index in [9.17, 15) is 32.3 Å². The first-order valence-electron chi connectivity index (χ1n) is 17.0. The van der Waals surface area contributed by atoms with E-state index in [4.69, 9.17) is 25.8 Å². The van der Waals surface area contributed by atoms with Crippen molar-refractivity contribution in [1.29, 1.82) is 0 Å². The number of anilines is 3. The van der Waals surface area contributed by atoms with Gasteiger partial charge in [-0.3, -0.25) is 14.4 Å². The Bertz CT molecular complexity index is 2000. The van der Waals surface area contributed by atoms with Crippen LogP contribution in [0, 0.1) is 0 Å². The van der Waals surface area contributed by atoms with E-state index >= 15 is 0 Å². The van der Waals surface area contributed by atoms with Crippen LogP contribution in [0.5, 0.6) is 11.8 Å². The highest BCUT2D eigenvalue weighted by Gasteiger charge is 2.45. The van der Waals surface area contributed by atoms with Gasteiger partial charge in [0, 0.05) is 29.2 Å². The zero-order valence-electron chi connectivity index (χ0n) is 29.7. The first-order chi connectivity index (χ1) is 26.3. The minimum absolute atomic E-state index is 0.0313. The van der Waals surface area contributed by atoms with Gasteiger partial charge in [-0.25, -0.2) is 4.79 Å². The highest BCUT2D eigenvalue weighted by molar-refractivity contribution is 6.36. The summed E-state index contributed by atoms with van der Waals surface area (Å²) >= 11 is 6.03. The number of aromatic nitrogens is 3. The van der Waals surface area contributed by atoms with Crippen molar-refractivity contribution in [1.82, 2.24) is 25.6 Å². The lowest BCUT2D eigenvalue weighted by atomic mass is 10.1. The Labute approximate surface area is 318 Å². The molecule has 14 nitrogen and oxygen atoms in total. The van der Waals surface area contributed by atoms with Gasteiger partial charge < -0.3 is 35.5 Å². The Morgan fingerprint density at radius 2 is 1.64 bits per heavy atom. The van der Waals surface area contributed by atoms with Gasteiger partial charge in [-0.1, -0.05) is 35.9 Å². The molecule has 5 rings (SSSR count). The maximum Gasteiger partial charge on any atom is 0.422 e. The number of ketones is 1. The molecular weight excluding hydrogens is 747 g/mol. The maximum atomic E-state index is 13.1. The number of carbonyl (C=O) groups excluding carboxylic acids is 4. The molecule has 3 aromatic carbocycles. The number of rotatable bonds is 18. The molecule has 1 saturated carbocycles. The number of halogens is 4. The second-order valence-electron chi connectivity index (χ2n) is 12.5. The molecule has 0 spiro atoms. The van der Waals surface area contributed by atoms with Crippen molar-refractivity contribution in [2.45, 2.75) is 49.9 Å². The second kappa shape index (κ2) is 17.9. The Hall–Kier alpha value is -5.97. The molecule has 1 aliphatic carbocycles. The Morgan fingerprint density at radius 1 is 0.927 bits per heavy atom. The van der Waals surface area contributed by atoms with Crippen LogP contribution in [0.15, 0.2) is 72.8 Å². The van der Waals surface area contributed by atoms with Gasteiger partial charge in [0.15, 0.2) is 6.61 Å². The van der Waals surface area contributed by atoms with Crippen LogP contribution in [0.1, 0.15) is 47.2 Å². The molecule has 0 aliphatic heterocycles. The quantitative estimate of drug-likeness (QED) is 0.0756. The van der Waals surface area contributed by atoms with Crippen LogP contribution in [0.3, 0.4) is 0 Å². The molecule has 1 aliphatic rings. The standard InChI is InChI=1S/C37H37ClF3N7O7/c1-53-27-5-3-4-22(20-27)16-19-42-31(51)29(49)15-14-28(32(52)54-2)44-30(50)23-6-12-26(13-7-23)43-33-45-34(47-35(46-33)55-21-37(39,40)41)48-36(17-18-36)24-8-10-25(38)11-9-24/h3-13,20,28H,14-19,21H2,1-2H3,(H,42,51)(H,44,50)(H2,43,45,46,47,48)/t28-/m0/s1. The maximum absolute atomic E-state index is 13.1. The van der Waals surface area contributed by atoms with E-state index in [0.717, 1.165) is 18.2 Å². The fourth-order valence-electron chi connectivity index (χ4n) is 5.38. The van der Waals surface area contributed by atoms with Gasteiger partial charge in [-0.05, 0) is 85.3 Å². The number of ether oxygens (including phenoxy) is 3. The Balaban J connectivity index is 1.19. The summed E-state index contributed by atoms with van der Waals surface area (Å²) in [7, 11) is 2.67. The number of nitrogens with zero attached hydrogens (tertiary/aromatic N) is 3. The number of esters is 1. The van der Waals surface area contributed by atoms with Gasteiger partial charge in [-0.15, -0.1) is 0 Å². The van der Waals surface area contributed by atoms with Gasteiger partial charge in [0.25, 0.3) is 11.8 Å². The molecule has 0 radical (unpaired) electrons. The lowest BCUT2D eigenvalue weighted by Gasteiger charge is -2.19. The van der Waals surface area contributed by atoms with E-state index in [2.05, 4.69) is 36.2 Å². The number of benzene rings is 3. The smallest absolute Gasteiger partial charge is 0.422 e. The summed E-state index contributed by atoms with van der Waals surface area (Å²) in [5.74, 6) is -2.60. The van der Waals surface area contributed by atoms with E-state index in [1.807, 2.05) is 30.3 Å². The third-order valence-electron chi connectivity index (χ3n) is 8.42. The van der Waals surface area contributed by atoms with Crippen LogP contribution < -0.4 is 30.7 Å². The van der Waals surface area contributed by atoms with E-state index in [-0.39, 0.29) is 36.8 Å². The average molecular weight is 784 g/mol. The summed E-state index contributed by atoms with van der Waals surface area (Å²) in [5.41, 5.74) is 1.70. The van der Waals surface area contributed by atoms with Gasteiger partial charge in [0.1, 0.15) is 11.8 Å². The number of hydrogen-bond acceptors (Lipinski definition) is 12. The molecule has 55 heavy (non-hydrogen) atoms.